The Morgan fingerprint density at radius 1 is 0.812 bits per heavy atom. The maximum Gasteiger partial charge on any atom is 0.346 e. The van der Waals surface area contributed by atoms with Crippen LogP contribution in [0.1, 0.15) is 72.3 Å². The molecule has 188 valence electrons. The summed E-state index contributed by atoms with van der Waals surface area (Å²) in [6, 6.07) is 3.89. The zero-order valence-corrected chi connectivity index (χ0v) is 24.3. The summed E-state index contributed by atoms with van der Waals surface area (Å²) in [5.41, 5.74) is 0.889. The number of rotatable bonds is 18. The summed E-state index contributed by atoms with van der Waals surface area (Å²) in [4.78, 5) is 0. The van der Waals surface area contributed by atoms with Gasteiger partial charge in [-0.3, -0.25) is 9.13 Å². The first-order valence-corrected chi connectivity index (χ1v) is 14.9. The van der Waals surface area contributed by atoms with Crippen molar-refractivity contribution in [3.05, 3.63) is 30.1 Å². The van der Waals surface area contributed by atoms with E-state index in [0.717, 1.165) is 18.5 Å². The third-order valence-corrected chi connectivity index (χ3v) is 10.8. The summed E-state index contributed by atoms with van der Waals surface area (Å²) < 4.78 is 51.8. The molecule has 0 N–H and O–H groups in total. The number of hydrogen-bond acceptors (Lipinski definition) is 6. The van der Waals surface area contributed by atoms with Crippen molar-refractivity contribution in [1.29, 1.82) is 0 Å². The maximum absolute atomic E-state index is 13.7. The van der Waals surface area contributed by atoms with Crippen molar-refractivity contribution in [3.8, 4) is 0 Å². The van der Waals surface area contributed by atoms with Crippen molar-refractivity contribution < 1.29 is 55.8 Å². The summed E-state index contributed by atoms with van der Waals surface area (Å²) in [5, 5.41) is -1.03. The number of halogens is 1. The van der Waals surface area contributed by atoms with Crippen molar-refractivity contribution in [1.82, 2.24) is 0 Å². The molecule has 0 spiro atoms. The van der Waals surface area contributed by atoms with E-state index in [1.807, 2.05) is 24.5 Å². The summed E-state index contributed by atoms with van der Waals surface area (Å²) in [6.07, 6.45) is 10.3. The van der Waals surface area contributed by atoms with Crippen LogP contribution >= 0.6 is 15.2 Å². The lowest BCUT2D eigenvalue weighted by Crippen LogP contribution is -3.00. The Balaban J connectivity index is 0.00000961. The van der Waals surface area contributed by atoms with E-state index in [4.69, 9.17) is 18.1 Å². The second-order valence-corrected chi connectivity index (χ2v) is 12.1. The van der Waals surface area contributed by atoms with E-state index in [-0.39, 0.29) is 56.8 Å². The first kappa shape index (κ1) is 32.2. The lowest BCUT2D eigenvalue weighted by molar-refractivity contribution is -0.697. The number of hydrogen-bond donors (Lipinski definition) is 0. The van der Waals surface area contributed by atoms with Crippen LogP contribution in [0.2, 0.25) is 0 Å². The number of nitrogens with zero attached hydrogens (tertiary/aromatic N) is 1. The monoisotopic (exact) mass is 605 g/mol. The number of aryl methyl sites for hydroxylation is 1. The molecule has 10 heteroatoms. The van der Waals surface area contributed by atoms with Crippen LogP contribution in [-0.2, 0) is 40.2 Å². The van der Waals surface area contributed by atoms with Gasteiger partial charge >= 0.3 is 15.2 Å². The zero-order chi connectivity index (χ0) is 23.2. The van der Waals surface area contributed by atoms with Gasteiger partial charge < -0.3 is 42.1 Å². The van der Waals surface area contributed by atoms with Crippen molar-refractivity contribution >= 4 is 15.2 Å². The summed E-state index contributed by atoms with van der Waals surface area (Å²) in [6.45, 7) is 10.8. The lowest BCUT2D eigenvalue weighted by Gasteiger charge is -2.31. The molecule has 0 amide bonds. The van der Waals surface area contributed by atoms with E-state index in [9.17, 15) is 9.13 Å². The van der Waals surface area contributed by atoms with Crippen LogP contribution < -0.4 is 28.5 Å². The predicted molar refractivity (Wildman–Crippen MR) is 125 cm³/mol. The molecule has 0 unspecified atom stereocenters. The van der Waals surface area contributed by atoms with Gasteiger partial charge in [-0.25, -0.2) is 4.57 Å². The first-order chi connectivity index (χ1) is 14.9. The highest BCUT2D eigenvalue weighted by molar-refractivity contribution is 7.72. The molecule has 0 aromatic carbocycles. The van der Waals surface area contributed by atoms with Crippen molar-refractivity contribution in [2.75, 3.05) is 26.4 Å². The van der Waals surface area contributed by atoms with Gasteiger partial charge in [0.2, 0.25) is 0 Å². The fourth-order valence-electron chi connectivity index (χ4n) is 3.48. The quantitative estimate of drug-likeness (QED) is 0.111. The number of unbranched alkanes of at least 4 members (excludes halogenated alkanes) is 4. The molecule has 1 aromatic heterocycles. The Bertz CT molecular complexity index is 671. The Morgan fingerprint density at radius 3 is 1.78 bits per heavy atom. The molecule has 1 heterocycles. The van der Waals surface area contributed by atoms with E-state index >= 15 is 0 Å². The number of aromatic nitrogens is 1. The Kier molecular flexibility index (Phi) is 17.7. The fourth-order valence-corrected chi connectivity index (χ4v) is 8.81. The van der Waals surface area contributed by atoms with Crippen LogP contribution in [0.4, 0.5) is 0 Å². The summed E-state index contributed by atoms with van der Waals surface area (Å²) in [5.74, 6) is 0. The van der Waals surface area contributed by atoms with Crippen LogP contribution in [0.5, 0.6) is 0 Å². The van der Waals surface area contributed by atoms with Crippen LogP contribution in [0.15, 0.2) is 24.5 Å². The predicted octanol–water partition coefficient (Wildman–Crippen LogP) is 3.35. The van der Waals surface area contributed by atoms with Gasteiger partial charge in [-0.1, -0.05) is 26.2 Å². The van der Waals surface area contributed by atoms with Gasteiger partial charge in [0, 0.05) is 24.5 Å². The first-order valence-electron chi connectivity index (χ1n) is 11.6. The maximum atomic E-state index is 13.7. The zero-order valence-electron chi connectivity index (χ0n) is 20.3. The average molecular weight is 605 g/mol. The van der Waals surface area contributed by atoms with Gasteiger partial charge in [-0.2, -0.15) is 0 Å². The van der Waals surface area contributed by atoms with Gasteiger partial charge in [0.25, 0.3) is 0 Å². The molecule has 0 aliphatic carbocycles. The minimum atomic E-state index is -3.75. The van der Waals surface area contributed by atoms with Gasteiger partial charge in [-0.15, -0.1) is 0 Å². The van der Waals surface area contributed by atoms with Crippen LogP contribution in [0.3, 0.4) is 0 Å². The third kappa shape index (κ3) is 10.6. The molecule has 0 saturated heterocycles. The molecule has 0 aliphatic rings. The van der Waals surface area contributed by atoms with Gasteiger partial charge in [0.15, 0.2) is 17.8 Å². The Labute approximate surface area is 212 Å². The van der Waals surface area contributed by atoms with Crippen molar-refractivity contribution in [3.63, 3.8) is 0 Å². The summed E-state index contributed by atoms with van der Waals surface area (Å²) in [7, 11) is -7.49. The third-order valence-electron chi connectivity index (χ3n) is 4.82. The SMILES string of the molecule is CCCCCCC[n+]1cccc(CC(P(=O)(OCC)OCC)P(=O)(OCC)OCC)c1.[I-]. The minimum Gasteiger partial charge on any atom is -1.00 e. The largest absolute Gasteiger partial charge is 1.00 e. The fraction of sp³-hybridized carbons (Fsp3) is 0.773. The van der Waals surface area contributed by atoms with Gasteiger partial charge in [-0.05, 0) is 40.2 Å². The molecular weight excluding hydrogens is 563 g/mol. The second kappa shape index (κ2) is 17.6. The average Bonchev–Trinajstić information content (AvgIpc) is 2.73. The Hall–Kier alpha value is 0.180. The van der Waals surface area contributed by atoms with Crippen LogP contribution in [0.25, 0.3) is 0 Å². The van der Waals surface area contributed by atoms with E-state index in [0.29, 0.717) is 0 Å². The van der Waals surface area contributed by atoms with Crippen molar-refractivity contribution in [2.24, 2.45) is 0 Å². The topological polar surface area (TPSA) is 74.9 Å². The molecule has 0 fully saturated rings. The molecule has 0 atom stereocenters. The smallest absolute Gasteiger partial charge is 0.346 e. The molecule has 1 aromatic rings. The minimum absolute atomic E-state index is 0. The molecule has 0 saturated carbocycles. The Morgan fingerprint density at radius 2 is 1.31 bits per heavy atom. The molecule has 1 rings (SSSR count). The van der Waals surface area contributed by atoms with E-state index in [1.54, 1.807) is 27.7 Å². The standard InChI is InChI=1S/C22H42NO6P2.HI/c1-6-11-12-13-14-17-23-18-15-16-21(20-23)19-22(30(24,26-7-2)27-8-3)31(25,28-9-4)29-10-5;/h15-16,18,20,22H,6-14,17,19H2,1-5H3;1H/q+1;/p-1. The van der Waals surface area contributed by atoms with E-state index in [2.05, 4.69) is 11.5 Å². The molecule has 0 radical (unpaired) electrons. The number of pyridine rings is 1. The lowest BCUT2D eigenvalue weighted by atomic mass is 10.1. The highest BCUT2D eigenvalue weighted by Gasteiger charge is 2.50. The normalized spacial score (nSPS) is 12.2. The van der Waals surface area contributed by atoms with E-state index in [1.165, 1.54) is 25.7 Å². The molecule has 0 aliphatic heterocycles. The molecule has 32 heavy (non-hydrogen) atoms. The molecule has 0 bridgehead atoms. The van der Waals surface area contributed by atoms with Crippen molar-refractivity contribution in [2.45, 2.75) is 85.1 Å². The van der Waals surface area contributed by atoms with E-state index < -0.39 is 20.6 Å². The second-order valence-electron chi connectivity index (χ2n) is 7.30. The van der Waals surface area contributed by atoms with Gasteiger partial charge in [0.1, 0.15) is 6.54 Å². The molecule has 7 nitrogen and oxygen atoms in total. The summed E-state index contributed by atoms with van der Waals surface area (Å²) >= 11 is 0. The van der Waals surface area contributed by atoms with Crippen LogP contribution in [-0.4, -0.2) is 31.8 Å². The molecular formula is C22H42INO6P2. The van der Waals surface area contributed by atoms with Crippen LogP contribution in [0, 0.1) is 0 Å². The highest BCUT2D eigenvalue weighted by Crippen LogP contribution is 2.71. The van der Waals surface area contributed by atoms with Gasteiger partial charge in [0.05, 0.1) is 26.4 Å². The highest BCUT2D eigenvalue weighted by atomic mass is 127.